The molecule has 1 heterocycles. The van der Waals surface area contributed by atoms with Gasteiger partial charge in [-0.05, 0) is 49.6 Å². The third kappa shape index (κ3) is 4.72. The van der Waals surface area contributed by atoms with Crippen molar-refractivity contribution in [1.29, 1.82) is 0 Å². The van der Waals surface area contributed by atoms with E-state index in [1.165, 1.54) is 4.31 Å². The number of carbonyl (C=O) groups excluding carboxylic acids is 1. The summed E-state index contributed by atoms with van der Waals surface area (Å²) in [6, 6.07) is 14.3. The second-order valence-corrected chi connectivity index (χ2v) is 9.02. The molecule has 28 heavy (non-hydrogen) atoms. The molecule has 0 radical (unpaired) electrons. The maximum atomic E-state index is 12.9. The molecule has 3 rings (SSSR count). The summed E-state index contributed by atoms with van der Waals surface area (Å²) in [5.74, 6) is 0.269. The van der Waals surface area contributed by atoms with Gasteiger partial charge in [0.1, 0.15) is 5.75 Å². The second kappa shape index (κ2) is 8.75. The predicted molar refractivity (Wildman–Crippen MR) is 108 cm³/mol. The number of aryl methyl sites for hydroxylation is 1. The van der Waals surface area contributed by atoms with E-state index in [0.717, 1.165) is 16.9 Å². The number of nitrogens with one attached hydrogen (secondary N) is 1. The second-order valence-electron chi connectivity index (χ2n) is 7.08. The maximum Gasteiger partial charge on any atom is 0.243 e. The normalized spacial score (nSPS) is 17.9. The molecule has 1 atom stereocenters. The highest BCUT2D eigenvalue weighted by atomic mass is 32.2. The lowest BCUT2D eigenvalue weighted by Crippen LogP contribution is -2.45. The molecule has 1 aliphatic rings. The molecule has 6 nitrogen and oxygen atoms in total. The van der Waals surface area contributed by atoms with Crippen LogP contribution in [0.1, 0.15) is 24.0 Å². The molecule has 0 spiro atoms. The Kier molecular flexibility index (Phi) is 6.36. The summed E-state index contributed by atoms with van der Waals surface area (Å²) in [5.41, 5.74) is 1.94. The first-order valence-electron chi connectivity index (χ1n) is 9.37. The number of carbonyl (C=O) groups is 1. The Morgan fingerprint density at radius 1 is 1.21 bits per heavy atom. The Morgan fingerprint density at radius 3 is 2.68 bits per heavy atom. The zero-order valence-electron chi connectivity index (χ0n) is 16.2. The monoisotopic (exact) mass is 402 g/mol. The van der Waals surface area contributed by atoms with E-state index in [4.69, 9.17) is 4.74 Å². The topological polar surface area (TPSA) is 75.7 Å². The summed E-state index contributed by atoms with van der Waals surface area (Å²) in [6.07, 6.45) is 1.35. The van der Waals surface area contributed by atoms with E-state index in [-0.39, 0.29) is 23.3 Å². The smallest absolute Gasteiger partial charge is 0.243 e. The maximum absolute atomic E-state index is 12.9. The number of sulfonamides is 1. The molecular weight excluding hydrogens is 376 g/mol. The van der Waals surface area contributed by atoms with Gasteiger partial charge in [-0.15, -0.1) is 0 Å². The summed E-state index contributed by atoms with van der Waals surface area (Å²) in [4.78, 5) is 12.9. The van der Waals surface area contributed by atoms with Crippen LogP contribution >= 0.6 is 0 Å². The van der Waals surface area contributed by atoms with Gasteiger partial charge >= 0.3 is 0 Å². The van der Waals surface area contributed by atoms with Crippen molar-refractivity contribution in [3.8, 4) is 5.75 Å². The Morgan fingerprint density at radius 2 is 1.96 bits per heavy atom. The van der Waals surface area contributed by atoms with Gasteiger partial charge < -0.3 is 10.1 Å². The summed E-state index contributed by atoms with van der Waals surface area (Å²) in [7, 11) is -1.98. The average Bonchev–Trinajstić information content (AvgIpc) is 2.72. The highest BCUT2D eigenvalue weighted by Gasteiger charge is 2.33. The first kappa shape index (κ1) is 20.4. The molecule has 1 fully saturated rings. The molecule has 0 aliphatic carbocycles. The molecular formula is C21H26N2O4S. The van der Waals surface area contributed by atoms with Crippen LogP contribution in [-0.4, -0.2) is 38.8 Å². The molecule has 150 valence electrons. The zero-order valence-corrected chi connectivity index (χ0v) is 17.0. The van der Waals surface area contributed by atoms with Crippen LogP contribution in [0.15, 0.2) is 53.4 Å². The summed E-state index contributed by atoms with van der Waals surface area (Å²) in [6.45, 7) is 2.95. The molecule has 0 bridgehead atoms. The molecule has 0 aromatic heterocycles. The number of ether oxygens (including phenoxy) is 1. The average molecular weight is 403 g/mol. The number of amides is 1. The third-order valence-corrected chi connectivity index (χ3v) is 6.89. The van der Waals surface area contributed by atoms with Crippen molar-refractivity contribution in [2.75, 3.05) is 20.2 Å². The Bertz CT molecular complexity index is 926. The van der Waals surface area contributed by atoms with E-state index in [1.54, 1.807) is 31.4 Å². The van der Waals surface area contributed by atoms with Crippen molar-refractivity contribution in [1.82, 2.24) is 9.62 Å². The molecule has 1 amide bonds. The van der Waals surface area contributed by atoms with Crippen molar-refractivity contribution in [3.05, 3.63) is 59.7 Å². The van der Waals surface area contributed by atoms with Crippen LogP contribution in [0, 0.1) is 12.8 Å². The van der Waals surface area contributed by atoms with Gasteiger partial charge in [0, 0.05) is 19.6 Å². The SMILES string of the molecule is COc1cccc(CNC(=O)[C@@H]2CCCN(S(=O)(=O)c3ccc(C)cc3)C2)c1. The predicted octanol–water partition coefficient (Wildman–Crippen LogP) is 2.72. The lowest BCUT2D eigenvalue weighted by atomic mass is 9.99. The van der Waals surface area contributed by atoms with Crippen LogP contribution in [0.5, 0.6) is 5.75 Å². The molecule has 1 N–H and O–H groups in total. The van der Waals surface area contributed by atoms with Crippen LogP contribution in [-0.2, 0) is 21.4 Å². The fourth-order valence-corrected chi connectivity index (χ4v) is 4.87. The van der Waals surface area contributed by atoms with Crippen molar-refractivity contribution in [2.45, 2.75) is 31.2 Å². The number of benzene rings is 2. The van der Waals surface area contributed by atoms with Gasteiger partial charge in [-0.25, -0.2) is 8.42 Å². The fourth-order valence-electron chi connectivity index (χ4n) is 3.35. The lowest BCUT2D eigenvalue weighted by Gasteiger charge is -2.31. The largest absolute Gasteiger partial charge is 0.497 e. The Hall–Kier alpha value is -2.38. The van der Waals surface area contributed by atoms with E-state index >= 15 is 0 Å². The fraction of sp³-hybridized carbons (Fsp3) is 0.381. The van der Waals surface area contributed by atoms with Crippen LogP contribution in [0.25, 0.3) is 0 Å². The van der Waals surface area contributed by atoms with Crippen molar-refractivity contribution >= 4 is 15.9 Å². The number of piperidine rings is 1. The molecule has 0 unspecified atom stereocenters. The quantitative estimate of drug-likeness (QED) is 0.806. The van der Waals surface area contributed by atoms with Crippen LogP contribution in [0.4, 0.5) is 0 Å². The summed E-state index contributed by atoms with van der Waals surface area (Å²) in [5, 5.41) is 2.92. The van der Waals surface area contributed by atoms with E-state index < -0.39 is 10.0 Å². The van der Waals surface area contributed by atoms with Crippen LogP contribution < -0.4 is 10.1 Å². The first-order valence-corrected chi connectivity index (χ1v) is 10.8. The van der Waals surface area contributed by atoms with Gasteiger partial charge in [-0.3, -0.25) is 4.79 Å². The third-order valence-electron chi connectivity index (χ3n) is 5.01. The van der Waals surface area contributed by atoms with E-state index in [9.17, 15) is 13.2 Å². The van der Waals surface area contributed by atoms with Crippen molar-refractivity contribution < 1.29 is 17.9 Å². The van der Waals surface area contributed by atoms with Crippen molar-refractivity contribution in [3.63, 3.8) is 0 Å². The number of rotatable bonds is 6. The minimum absolute atomic E-state index is 0.119. The molecule has 1 aliphatic heterocycles. The molecule has 2 aromatic carbocycles. The standard InChI is InChI=1S/C21H26N2O4S/c1-16-8-10-20(11-9-16)28(25,26)23-12-4-6-18(15-23)21(24)22-14-17-5-3-7-19(13-17)27-2/h3,5,7-11,13,18H,4,6,12,14-15H2,1-2H3,(H,22,24)/t18-/m1/s1. The van der Waals surface area contributed by atoms with Gasteiger partial charge in [-0.1, -0.05) is 29.8 Å². The van der Waals surface area contributed by atoms with Crippen LogP contribution in [0.2, 0.25) is 0 Å². The molecule has 1 saturated heterocycles. The lowest BCUT2D eigenvalue weighted by molar-refractivity contribution is -0.126. The number of methoxy groups -OCH3 is 1. The highest BCUT2D eigenvalue weighted by molar-refractivity contribution is 7.89. The minimum Gasteiger partial charge on any atom is -0.497 e. The van der Waals surface area contributed by atoms with Gasteiger partial charge in [0.2, 0.25) is 15.9 Å². The molecule has 2 aromatic rings. The number of nitrogens with zero attached hydrogens (tertiary/aromatic N) is 1. The number of hydrogen-bond donors (Lipinski definition) is 1. The molecule has 0 saturated carbocycles. The first-order chi connectivity index (χ1) is 13.4. The van der Waals surface area contributed by atoms with E-state index in [0.29, 0.717) is 25.9 Å². The minimum atomic E-state index is -3.58. The van der Waals surface area contributed by atoms with E-state index in [2.05, 4.69) is 5.32 Å². The van der Waals surface area contributed by atoms with Crippen molar-refractivity contribution in [2.24, 2.45) is 5.92 Å². The van der Waals surface area contributed by atoms with E-state index in [1.807, 2.05) is 31.2 Å². The Balaban J connectivity index is 1.63. The number of hydrogen-bond acceptors (Lipinski definition) is 4. The van der Waals surface area contributed by atoms with Gasteiger partial charge in [0.15, 0.2) is 0 Å². The van der Waals surface area contributed by atoms with Gasteiger partial charge in [0.05, 0.1) is 17.9 Å². The highest BCUT2D eigenvalue weighted by Crippen LogP contribution is 2.24. The molecule has 7 heteroatoms. The Labute approximate surface area is 166 Å². The zero-order chi connectivity index (χ0) is 20.1. The summed E-state index contributed by atoms with van der Waals surface area (Å²) < 4.78 is 32.4. The van der Waals surface area contributed by atoms with Crippen LogP contribution in [0.3, 0.4) is 0 Å². The van der Waals surface area contributed by atoms with Gasteiger partial charge in [-0.2, -0.15) is 4.31 Å². The van der Waals surface area contributed by atoms with Gasteiger partial charge in [0.25, 0.3) is 0 Å². The summed E-state index contributed by atoms with van der Waals surface area (Å²) >= 11 is 0.